The zero-order valence-corrected chi connectivity index (χ0v) is 20.8. The van der Waals surface area contributed by atoms with Crippen molar-refractivity contribution in [2.45, 2.75) is 33.1 Å². The molecule has 0 aliphatic heterocycles. The van der Waals surface area contributed by atoms with Gasteiger partial charge in [-0.15, -0.1) is 0 Å². The molecule has 0 radical (unpaired) electrons. The van der Waals surface area contributed by atoms with E-state index in [0.29, 0.717) is 16.2 Å². The van der Waals surface area contributed by atoms with Crippen molar-refractivity contribution in [3.63, 3.8) is 0 Å². The van der Waals surface area contributed by atoms with Crippen LogP contribution in [0.25, 0.3) is 0 Å². The number of nitrogens with zero attached hydrogens (tertiary/aromatic N) is 2. The topological polar surface area (TPSA) is 112 Å². The number of aryl methyl sites for hydroxylation is 1. The Morgan fingerprint density at radius 3 is 2.29 bits per heavy atom. The van der Waals surface area contributed by atoms with E-state index >= 15 is 0 Å². The second kappa shape index (κ2) is 12.4. The highest BCUT2D eigenvalue weighted by Crippen LogP contribution is 2.25. The maximum atomic E-state index is 11.7. The van der Waals surface area contributed by atoms with Gasteiger partial charge in [0.25, 0.3) is 0 Å². The lowest BCUT2D eigenvalue weighted by molar-refractivity contribution is -0.145. The third-order valence-electron chi connectivity index (χ3n) is 4.07. The fraction of sp³-hybridized carbons (Fsp3) is 0.500. The molecule has 0 atom stereocenters. The van der Waals surface area contributed by atoms with E-state index in [1.807, 2.05) is 6.92 Å². The van der Waals surface area contributed by atoms with E-state index in [4.69, 9.17) is 12.2 Å². The minimum Gasteiger partial charge on any atom is -0.507 e. The quantitative estimate of drug-likeness (QED) is 0.155. The molecule has 9 nitrogen and oxygen atoms in total. The fourth-order valence-electron chi connectivity index (χ4n) is 2.55. The number of hydrazone groups is 1. The summed E-state index contributed by atoms with van der Waals surface area (Å²) >= 11 is 5.21. The summed E-state index contributed by atoms with van der Waals surface area (Å²) in [5, 5.41) is 18.3. The van der Waals surface area contributed by atoms with Crippen molar-refractivity contribution in [3.8, 4) is 5.75 Å². The average Bonchev–Trinajstić information content (AvgIpc) is 2.68. The fourth-order valence-corrected chi connectivity index (χ4v) is 3.51. The van der Waals surface area contributed by atoms with E-state index in [1.54, 1.807) is 12.1 Å². The zero-order valence-electron chi connectivity index (χ0n) is 18.9. The molecule has 0 aliphatic carbocycles. The Morgan fingerprint density at radius 1 is 1.19 bits per heavy atom. The van der Waals surface area contributed by atoms with Crippen LogP contribution >= 0.6 is 12.2 Å². The van der Waals surface area contributed by atoms with E-state index < -0.39 is 20.0 Å². The predicted octanol–water partition coefficient (Wildman–Crippen LogP) is 1.52. The summed E-state index contributed by atoms with van der Waals surface area (Å²) in [5.74, 6) is -1.00. The smallest absolute Gasteiger partial charge is 0.319 e. The van der Waals surface area contributed by atoms with Gasteiger partial charge in [-0.05, 0) is 30.8 Å². The van der Waals surface area contributed by atoms with E-state index in [0.717, 1.165) is 11.7 Å². The lowest BCUT2D eigenvalue weighted by Gasteiger charge is -2.21. The number of phenols is 1. The highest BCUT2D eigenvalue weighted by molar-refractivity contribution is 7.80. The molecule has 3 N–H and O–H groups in total. The van der Waals surface area contributed by atoms with Crippen LogP contribution in [-0.4, -0.2) is 74.8 Å². The Kier molecular flexibility index (Phi) is 10.6. The summed E-state index contributed by atoms with van der Waals surface area (Å²) in [5.41, 5.74) is 4.64. The van der Waals surface area contributed by atoms with Crippen LogP contribution in [0.15, 0.2) is 17.2 Å². The van der Waals surface area contributed by atoms with Crippen LogP contribution in [0.5, 0.6) is 5.75 Å². The number of hydrogen-bond donors (Lipinski definition) is 3. The van der Waals surface area contributed by atoms with E-state index in [2.05, 4.69) is 45.0 Å². The van der Waals surface area contributed by atoms with Crippen LogP contribution in [0.4, 0.5) is 0 Å². The molecule has 1 aromatic rings. The molecule has 0 heterocycles. The summed E-state index contributed by atoms with van der Waals surface area (Å²) in [4.78, 5) is 24.9. The molecule has 0 aliphatic rings. The number of carbonyl (C=O) groups excluding carboxylic acids is 2. The molecule has 0 unspecified atom stereocenters. The molecule has 11 heteroatoms. The molecule has 0 fully saturated rings. The first kappa shape index (κ1) is 26.5. The summed E-state index contributed by atoms with van der Waals surface area (Å²) in [6, 6.07) is 3.55. The van der Waals surface area contributed by atoms with Crippen molar-refractivity contribution >= 4 is 43.6 Å². The van der Waals surface area contributed by atoms with Crippen molar-refractivity contribution in [1.82, 2.24) is 15.6 Å². The van der Waals surface area contributed by atoms with Crippen molar-refractivity contribution in [2.24, 2.45) is 5.10 Å². The maximum absolute atomic E-state index is 11.7. The number of nitrogens with one attached hydrogen (secondary N) is 2. The molecular formula is C20H32N4O5SSi. The van der Waals surface area contributed by atoms with Crippen molar-refractivity contribution in [3.05, 3.63) is 28.8 Å². The largest absolute Gasteiger partial charge is 0.507 e. The van der Waals surface area contributed by atoms with Crippen LogP contribution in [0.1, 0.15) is 16.7 Å². The van der Waals surface area contributed by atoms with Crippen LogP contribution < -0.4 is 10.7 Å². The minimum absolute atomic E-state index is 0.00291. The molecular weight excluding hydrogens is 436 g/mol. The predicted molar refractivity (Wildman–Crippen MR) is 127 cm³/mol. The highest BCUT2D eigenvalue weighted by atomic mass is 32.1. The number of esters is 2. The van der Waals surface area contributed by atoms with Gasteiger partial charge in [0.05, 0.1) is 41.6 Å². The molecule has 1 aromatic carbocycles. The average molecular weight is 469 g/mol. The number of ether oxygens (including phenoxy) is 2. The summed E-state index contributed by atoms with van der Waals surface area (Å²) in [7, 11) is 1.25. The number of methoxy groups -OCH3 is 2. The molecule has 31 heavy (non-hydrogen) atoms. The molecule has 0 saturated heterocycles. The van der Waals surface area contributed by atoms with Crippen molar-refractivity contribution in [2.75, 3.05) is 33.5 Å². The number of hydrogen-bond acceptors (Lipinski definition) is 8. The van der Waals surface area contributed by atoms with E-state index in [1.165, 1.54) is 25.3 Å². The third kappa shape index (κ3) is 10.4. The zero-order chi connectivity index (χ0) is 23.6. The molecule has 1 rings (SSSR count). The molecule has 0 aromatic heterocycles. The number of benzene rings is 1. The van der Waals surface area contributed by atoms with Gasteiger partial charge in [0.1, 0.15) is 5.75 Å². The maximum Gasteiger partial charge on any atom is 0.319 e. The second-order valence-corrected chi connectivity index (χ2v) is 14.2. The van der Waals surface area contributed by atoms with E-state index in [9.17, 15) is 14.7 Å². The Labute approximate surface area is 189 Å². The van der Waals surface area contributed by atoms with Gasteiger partial charge in [0.2, 0.25) is 0 Å². The van der Waals surface area contributed by atoms with Crippen molar-refractivity contribution < 1.29 is 24.2 Å². The Balaban J connectivity index is 2.95. The summed E-state index contributed by atoms with van der Waals surface area (Å²) in [6.45, 7) is 8.44. The standard InChI is InChI=1S/C20H32N4O5SSi/c1-14-7-15(9-22-23-20(30)21-13-31(4,5)6)19(27)16(8-14)10-24(11-17(25)28-2)12-18(26)29-3/h7-9,27H,10-13H2,1-6H3,(H2,21,23,30)/b22-9+. The van der Waals surface area contributed by atoms with Gasteiger partial charge < -0.3 is 19.9 Å². The normalized spacial score (nSPS) is 11.5. The van der Waals surface area contributed by atoms with Crippen molar-refractivity contribution in [1.29, 1.82) is 0 Å². The Hall–Kier alpha value is -2.50. The second-order valence-electron chi connectivity index (χ2n) is 8.27. The van der Waals surface area contributed by atoms with Gasteiger partial charge in [0.15, 0.2) is 5.11 Å². The molecule has 0 amide bonds. The first-order chi connectivity index (χ1) is 14.4. The summed E-state index contributed by atoms with van der Waals surface area (Å²) < 4.78 is 9.37. The van der Waals surface area contributed by atoms with Crippen LogP contribution in [0.3, 0.4) is 0 Å². The number of phenolic OH excluding ortho intramolecular Hbond substituents is 1. The molecule has 0 saturated carbocycles. The number of rotatable bonds is 10. The Morgan fingerprint density at radius 2 is 1.77 bits per heavy atom. The van der Waals surface area contributed by atoms with Gasteiger partial charge >= 0.3 is 11.9 Å². The molecule has 0 spiro atoms. The Bertz CT molecular complexity index is 809. The number of carbonyl (C=O) groups is 2. The lowest BCUT2D eigenvalue weighted by Crippen LogP contribution is -2.43. The number of thiocarbonyl (C=S) groups is 1. The number of aromatic hydroxyl groups is 1. The van der Waals surface area contributed by atoms with Gasteiger partial charge in [-0.3, -0.25) is 19.9 Å². The lowest BCUT2D eigenvalue weighted by atomic mass is 10.0. The monoisotopic (exact) mass is 468 g/mol. The minimum atomic E-state index is -1.29. The SMILES string of the molecule is COC(=O)CN(CC(=O)OC)Cc1cc(C)cc(/C=N/NC(=S)NC[Si](C)(C)C)c1O. The van der Waals surface area contributed by atoms with Gasteiger partial charge in [0, 0.05) is 23.8 Å². The van der Waals surface area contributed by atoms with Crippen LogP contribution in [-0.2, 0) is 25.6 Å². The third-order valence-corrected chi connectivity index (χ3v) is 5.54. The summed E-state index contributed by atoms with van der Waals surface area (Å²) in [6.07, 6.45) is 2.30. The van der Waals surface area contributed by atoms with Gasteiger partial charge in [-0.25, -0.2) is 0 Å². The van der Waals surface area contributed by atoms with E-state index in [-0.39, 0.29) is 25.4 Å². The first-order valence-corrected chi connectivity index (χ1v) is 13.8. The molecule has 0 bridgehead atoms. The first-order valence-electron chi connectivity index (χ1n) is 9.70. The highest BCUT2D eigenvalue weighted by Gasteiger charge is 2.19. The molecule has 172 valence electrons. The van der Waals surface area contributed by atoms with Gasteiger partial charge in [-0.1, -0.05) is 25.7 Å². The van der Waals surface area contributed by atoms with Gasteiger partial charge in [-0.2, -0.15) is 5.10 Å². The van der Waals surface area contributed by atoms with Crippen LogP contribution in [0, 0.1) is 6.92 Å². The van der Waals surface area contributed by atoms with Crippen LogP contribution in [0.2, 0.25) is 19.6 Å².